The predicted molar refractivity (Wildman–Crippen MR) is 78.5 cm³/mol. The maximum Gasteiger partial charge on any atom is 0.263 e. The highest BCUT2D eigenvalue weighted by Gasteiger charge is 2.19. The zero-order valence-corrected chi connectivity index (χ0v) is 11.7. The van der Waals surface area contributed by atoms with E-state index in [4.69, 9.17) is 4.52 Å². The topological polar surface area (TPSA) is 54.2 Å². The zero-order valence-electron chi connectivity index (χ0n) is 11.7. The highest BCUT2D eigenvalue weighted by Crippen LogP contribution is 2.19. The van der Waals surface area contributed by atoms with E-state index in [0.29, 0.717) is 17.9 Å². The summed E-state index contributed by atoms with van der Waals surface area (Å²) in [4.78, 5) is 6.87. The van der Waals surface area contributed by atoms with Crippen molar-refractivity contribution in [1.82, 2.24) is 15.0 Å². The molecule has 2 aromatic rings. The Morgan fingerprint density at radius 3 is 2.70 bits per heavy atom. The molecule has 106 valence electrons. The van der Waals surface area contributed by atoms with Gasteiger partial charge < -0.3 is 14.7 Å². The molecule has 1 N–H and O–H groups in total. The highest BCUT2D eigenvalue weighted by atomic mass is 16.5. The molecule has 0 bridgehead atoms. The number of nitrogens with one attached hydrogen (secondary N) is 1. The summed E-state index contributed by atoms with van der Waals surface area (Å²) >= 11 is 0. The SMILES string of the molecule is CCN1CCC(Nc2noc(-c3ccccc3)n2)CC1. The molecule has 1 fully saturated rings. The first-order valence-electron chi connectivity index (χ1n) is 7.23. The Labute approximate surface area is 119 Å². The van der Waals surface area contributed by atoms with Crippen LogP contribution in [0.15, 0.2) is 34.9 Å². The fourth-order valence-corrected chi connectivity index (χ4v) is 2.56. The van der Waals surface area contributed by atoms with Crippen LogP contribution in [0, 0.1) is 0 Å². The Morgan fingerprint density at radius 2 is 2.00 bits per heavy atom. The lowest BCUT2D eigenvalue weighted by molar-refractivity contribution is 0.229. The van der Waals surface area contributed by atoms with Crippen molar-refractivity contribution in [2.45, 2.75) is 25.8 Å². The van der Waals surface area contributed by atoms with Gasteiger partial charge in [-0.05, 0) is 36.7 Å². The van der Waals surface area contributed by atoms with E-state index < -0.39 is 0 Å². The standard InChI is InChI=1S/C15H20N4O/c1-2-19-10-8-13(9-11-19)16-15-17-14(20-18-15)12-6-4-3-5-7-12/h3-7,13H,2,8-11H2,1H3,(H,16,18). The van der Waals surface area contributed by atoms with Crippen LogP contribution in [0.25, 0.3) is 11.5 Å². The molecular formula is C15H20N4O. The number of rotatable bonds is 4. The van der Waals surface area contributed by atoms with Gasteiger partial charge in [-0.15, -0.1) is 0 Å². The first-order valence-corrected chi connectivity index (χ1v) is 7.23. The van der Waals surface area contributed by atoms with E-state index in [-0.39, 0.29) is 0 Å². The zero-order chi connectivity index (χ0) is 13.8. The number of aromatic nitrogens is 2. The van der Waals surface area contributed by atoms with Gasteiger partial charge in [-0.2, -0.15) is 4.98 Å². The second-order valence-electron chi connectivity index (χ2n) is 5.14. The van der Waals surface area contributed by atoms with E-state index >= 15 is 0 Å². The van der Waals surface area contributed by atoms with Gasteiger partial charge in [-0.3, -0.25) is 0 Å². The van der Waals surface area contributed by atoms with E-state index in [1.54, 1.807) is 0 Å². The average Bonchev–Trinajstić information content (AvgIpc) is 2.97. The Hall–Kier alpha value is -1.88. The van der Waals surface area contributed by atoms with E-state index in [0.717, 1.165) is 38.0 Å². The van der Waals surface area contributed by atoms with Crippen LogP contribution in [0.4, 0.5) is 5.95 Å². The molecule has 5 nitrogen and oxygen atoms in total. The predicted octanol–water partition coefficient (Wildman–Crippen LogP) is 2.63. The number of piperidine rings is 1. The lowest BCUT2D eigenvalue weighted by Crippen LogP contribution is -2.39. The molecule has 20 heavy (non-hydrogen) atoms. The lowest BCUT2D eigenvalue weighted by Gasteiger charge is -2.30. The second kappa shape index (κ2) is 6.05. The Bertz CT molecular complexity index is 532. The van der Waals surface area contributed by atoms with Crippen molar-refractivity contribution in [3.05, 3.63) is 30.3 Å². The molecule has 1 aromatic carbocycles. The van der Waals surface area contributed by atoms with Gasteiger partial charge in [0.15, 0.2) is 0 Å². The summed E-state index contributed by atoms with van der Waals surface area (Å²) in [7, 11) is 0. The Morgan fingerprint density at radius 1 is 1.25 bits per heavy atom. The van der Waals surface area contributed by atoms with Crippen LogP contribution in [-0.2, 0) is 0 Å². The van der Waals surface area contributed by atoms with Crippen LogP contribution in [0.1, 0.15) is 19.8 Å². The summed E-state index contributed by atoms with van der Waals surface area (Å²) in [6.07, 6.45) is 2.26. The van der Waals surface area contributed by atoms with Crippen molar-refractivity contribution in [2.24, 2.45) is 0 Å². The van der Waals surface area contributed by atoms with Crippen molar-refractivity contribution >= 4 is 5.95 Å². The maximum atomic E-state index is 5.30. The first-order chi connectivity index (χ1) is 9.85. The number of anilines is 1. The van der Waals surface area contributed by atoms with Crippen LogP contribution in [0.2, 0.25) is 0 Å². The summed E-state index contributed by atoms with van der Waals surface area (Å²) in [6.45, 7) is 5.61. The fourth-order valence-electron chi connectivity index (χ4n) is 2.56. The highest BCUT2D eigenvalue weighted by molar-refractivity contribution is 5.53. The third-order valence-corrected chi connectivity index (χ3v) is 3.81. The molecular weight excluding hydrogens is 252 g/mol. The molecule has 0 spiro atoms. The van der Waals surface area contributed by atoms with Gasteiger partial charge in [-0.25, -0.2) is 0 Å². The van der Waals surface area contributed by atoms with Crippen molar-refractivity contribution in [3.8, 4) is 11.5 Å². The number of nitrogens with zero attached hydrogens (tertiary/aromatic N) is 3. The van der Waals surface area contributed by atoms with Gasteiger partial charge in [0.2, 0.25) is 0 Å². The number of hydrogen-bond donors (Lipinski definition) is 1. The van der Waals surface area contributed by atoms with Gasteiger partial charge in [0.05, 0.1) is 0 Å². The summed E-state index contributed by atoms with van der Waals surface area (Å²) < 4.78 is 5.30. The summed E-state index contributed by atoms with van der Waals surface area (Å²) in [5, 5.41) is 7.39. The Kier molecular flexibility index (Phi) is 3.97. The molecule has 5 heteroatoms. The number of benzene rings is 1. The van der Waals surface area contributed by atoms with Crippen LogP contribution in [0.5, 0.6) is 0 Å². The second-order valence-corrected chi connectivity index (χ2v) is 5.14. The van der Waals surface area contributed by atoms with Crippen molar-refractivity contribution in [1.29, 1.82) is 0 Å². The van der Waals surface area contributed by atoms with E-state index in [1.165, 1.54) is 0 Å². The maximum absolute atomic E-state index is 5.30. The van der Waals surface area contributed by atoms with Gasteiger partial charge in [0.1, 0.15) is 0 Å². The summed E-state index contributed by atoms with van der Waals surface area (Å²) in [5.41, 5.74) is 0.953. The minimum Gasteiger partial charge on any atom is -0.349 e. The molecule has 1 aromatic heterocycles. The smallest absolute Gasteiger partial charge is 0.263 e. The van der Waals surface area contributed by atoms with Crippen LogP contribution in [0.3, 0.4) is 0 Å². The average molecular weight is 272 g/mol. The van der Waals surface area contributed by atoms with Crippen molar-refractivity contribution in [3.63, 3.8) is 0 Å². The third-order valence-electron chi connectivity index (χ3n) is 3.81. The monoisotopic (exact) mass is 272 g/mol. The van der Waals surface area contributed by atoms with E-state index in [2.05, 4.69) is 27.3 Å². The molecule has 0 saturated carbocycles. The molecule has 0 atom stereocenters. The van der Waals surface area contributed by atoms with E-state index in [9.17, 15) is 0 Å². The van der Waals surface area contributed by atoms with Crippen LogP contribution < -0.4 is 5.32 Å². The number of likely N-dealkylation sites (tertiary alicyclic amines) is 1. The molecule has 0 unspecified atom stereocenters. The minimum atomic E-state index is 0.444. The summed E-state index contributed by atoms with van der Waals surface area (Å²) in [6, 6.07) is 10.3. The van der Waals surface area contributed by atoms with Crippen LogP contribution >= 0.6 is 0 Å². The molecule has 1 aliphatic heterocycles. The molecule has 3 rings (SSSR count). The van der Waals surface area contributed by atoms with Gasteiger partial charge >= 0.3 is 0 Å². The molecule has 1 aliphatic rings. The molecule has 0 radical (unpaired) electrons. The number of hydrogen-bond acceptors (Lipinski definition) is 5. The van der Waals surface area contributed by atoms with Gasteiger partial charge in [0.25, 0.3) is 11.8 Å². The molecule has 1 saturated heterocycles. The molecule has 0 aliphatic carbocycles. The molecule has 0 amide bonds. The van der Waals surface area contributed by atoms with Crippen LogP contribution in [-0.4, -0.2) is 40.7 Å². The van der Waals surface area contributed by atoms with Gasteiger partial charge in [-0.1, -0.05) is 25.1 Å². The summed E-state index contributed by atoms with van der Waals surface area (Å²) in [5.74, 6) is 1.16. The lowest BCUT2D eigenvalue weighted by atomic mass is 10.1. The largest absolute Gasteiger partial charge is 0.349 e. The quantitative estimate of drug-likeness (QED) is 0.927. The van der Waals surface area contributed by atoms with E-state index in [1.807, 2.05) is 30.3 Å². The van der Waals surface area contributed by atoms with Crippen molar-refractivity contribution < 1.29 is 4.52 Å². The molecule has 2 heterocycles. The third kappa shape index (κ3) is 2.99. The first kappa shape index (κ1) is 13.1. The Balaban J connectivity index is 1.61. The minimum absolute atomic E-state index is 0.444. The normalized spacial score (nSPS) is 17.2. The fraction of sp³-hybridized carbons (Fsp3) is 0.467. The van der Waals surface area contributed by atoms with Gasteiger partial charge in [0, 0.05) is 24.7 Å². The van der Waals surface area contributed by atoms with Crippen molar-refractivity contribution in [2.75, 3.05) is 25.0 Å².